The number of aryl methyl sites for hydroxylation is 4. The molecule has 16 nitrogen and oxygen atoms in total. The lowest BCUT2D eigenvalue weighted by Crippen LogP contribution is -2.38. The Bertz CT molecular complexity index is 3520. The first-order valence-electron chi connectivity index (χ1n) is 31.2. The number of nitrogens with one attached hydrogen (secondary N) is 2. The molecule has 0 aliphatic rings. The van der Waals surface area contributed by atoms with E-state index < -0.39 is 46.8 Å². The van der Waals surface area contributed by atoms with Crippen LogP contribution in [0.15, 0.2) is 109 Å². The molecule has 2 heterocycles. The summed E-state index contributed by atoms with van der Waals surface area (Å²) >= 11 is 0. The molecule has 2 aromatic heterocycles. The SMILES string of the molecule is CC.CC.Cc1cc2nc3cc(C)c(N(CCCCCCCCN(C(=O)OC(C)(C)C)c4cc5c(cc4C)nc4cc(C)c(NC(=O)OC(C)(C)C)cc4[n+]5-c4ccccc4)C(=O)OC(C)(C)C)cc3[n+](-c3ccccc3)c2cc1NC(=O)OC(C)(C)C. The Morgan fingerprint density at radius 1 is 0.398 bits per heavy atom. The number of benzene rings is 6. The molecule has 0 radical (unpaired) electrons. The molecule has 8 aromatic rings. The van der Waals surface area contributed by atoms with Gasteiger partial charge < -0.3 is 18.9 Å². The predicted octanol–water partition coefficient (Wildman–Crippen LogP) is 18.1. The summed E-state index contributed by atoms with van der Waals surface area (Å²) < 4.78 is 27.6. The Morgan fingerprint density at radius 3 is 0.989 bits per heavy atom. The number of fused-ring (bicyclic) bond motifs is 4. The van der Waals surface area contributed by atoms with Crippen LogP contribution < -0.4 is 29.6 Å². The molecule has 0 unspecified atom stereocenters. The molecule has 0 atom stereocenters. The molecule has 2 N–H and O–H groups in total. The van der Waals surface area contributed by atoms with E-state index in [1.807, 2.05) is 248 Å². The average Bonchev–Trinajstić information content (AvgIpc) is 0.839. The number of unbranched alkanes of at least 4 members (excludes halogenated alkanes) is 5. The molecular formula is C72H96N8O8+2. The van der Waals surface area contributed by atoms with Gasteiger partial charge in [-0.15, -0.1) is 9.13 Å². The first kappa shape index (κ1) is 68.7. The Labute approximate surface area is 521 Å². The van der Waals surface area contributed by atoms with Crippen LogP contribution in [0.25, 0.3) is 55.5 Å². The fourth-order valence-electron chi connectivity index (χ4n) is 10.2. The van der Waals surface area contributed by atoms with Crippen LogP contribution >= 0.6 is 0 Å². The number of hydrogen-bond acceptors (Lipinski definition) is 10. The summed E-state index contributed by atoms with van der Waals surface area (Å²) in [6, 6.07) is 35.8. The minimum atomic E-state index is -0.741. The first-order valence-corrected chi connectivity index (χ1v) is 31.2. The van der Waals surface area contributed by atoms with Crippen molar-refractivity contribution >= 4 is 91.3 Å². The van der Waals surface area contributed by atoms with Gasteiger partial charge in [-0.1, -0.05) is 89.8 Å². The zero-order valence-corrected chi connectivity index (χ0v) is 56.0. The van der Waals surface area contributed by atoms with Crippen molar-refractivity contribution in [2.45, 2.75) is 199 Å². The maximum atomic E-state index is 14.3. The molecule has 16 heteroatoms. The summed E-state index contributed by atoms with van der Waals surface area (Å²) in [7, 11) is 0. The molecular weight excluding hydrogens is 1100 g/mol. The molecule has 6 aromatic carbocycles. The van der Waals surface area contributed by atoms with Gasteiger partial charge in [0.1, 0.15) is 44.5 Å². The highest BCUT2D eigenvalue weighted by molar-refractivity contribution is 5.97. The summed E-state index contributed by atoms with van der Waals surface area (Å²) in [5.41, 5.74) is 10.9. The normalized spacial score (nSPS) is 11.7. The molecule has 8 rings (SSSR count). The lowest BCUT2D eigenvalue weighted by Gasteiger charge is -2.29. The third kappa shape index (κ3) is 18.1. The van der Waals surface area contributed by atoms with Crippen LogP contribution in [0.5, 0.6) is 0 Å². The van der Waals surface area contributed by atoms with Crippen molar-refractivity contribution < 1.29 is 47.3 Å². The zero-order valence-electron chi connectivity index (χ0n) is 56.0. The number of carbonyl (C=O) groups excluding carboxylic acids is 4. The van der Waals surface area contributed by atoms with E-state index in [1.165, 1.54) is 0 Å². The molecule has 0 spiro atoms. The van der Waals surface area contributed by atoms with Crippen LogP contribution in [-0.4, -0.2) is 69.8 Å². The van der Waals surface area contributed by atoms with Gasteiger partial charge in [-0.25, -0.2) is 29.1 Å². The van der Waals surface area contributed by atoms with E-state index in [-0.39, 0.29) is 0 Å². The van der Waals surface area contributed by atoms with Crippen molar-refractivity contribution in [2.24, 2.45) is 0 Å². The largest absolute Gasteiger partial charge is 0.444 e. The fourth-order valence-corrected chi connectivity index (χ4v) is 10.2. The summed E-state index contributed by atoms with van der Waals surface area (Å²) in [4.78, 5) is 68.5. The first-order chi connectivity index (χ1) is 41.4. The quantitative estimate of drug-likeness (QED) is 0.0436. The highest BCUT2D eigenvalue weighted by Crippen LogP contribution is 2.33. The van der Waals surface area contributed by atoms with Gasteiger partial charge in [-0.2, -0.15) is 0 Å². The van der Waals surface area contributed by atoms with Crippen LogP contribution in [0.4, 0.5) is 41.9 Å². The molecule has 0 saturated heterocycles. The van der Waals surface area contributed by atoms with Gasteiger partial charge in [0.25, 0.3) is 0 Å². The second-order valence-corrected chi connectivity index (χ2v) is 25.8. The van der Waals surface area contributed by atoms with Crippen LogP contribution in [-0.2, 0) is 18.9 Å². The summed E-state index contributed by atoms with van der Waals surface area (Å²) in [6.45, 7) is 38.9. The van der Waals surface area contributed by atoms with E-state index in [4.69, 9.17) is 28.9 Å². The van der Waals surface area contributed by atoms with E-state index in [2.05, 4.69) is 19.8 Å². The van der Waals surface area contributed by atoms with Crippen LogP contribution in [0.1, 0.15) is 172 Å². The van der Waals surface area contributed by atoms with Crippen molar-refractivity contribution in [1.82, 2.24) is 9.97 Å². The molecule has 0 bridgehead atoms. The molecule has 4 amide bonds. The highest BCUT2D eigenvalue weighted by Gasteiger charge is 2.31. The van der Waals surface area contributed by atoms with Gasteiger partial charge in [0.2, 0.25) is 33.4 Å². The minimum absolute atomic E-state index is 0.415. The minimum Gasteiger partial charge on any atom is -0.444 e. The Balaban J connectivity index is 0.00000303. The smallest absolute Gasteiger partial charge is 0.414 e. The fraction of sp³-hybridized carbons (Fsp3) is 0.444. The van der Waals surface area contributed by atoms with Gasteiger partial charge in [-0.3, -0.25) is 20.4 Å². The van der Waals surface area contributed by atoms with Gasteiger partial charge in [0, 0.05) is 61.6 Å². The molecule has 0 saturated carbocycles. The van der Waals surface area contributed by atoms with Gasteiger partial charge in [0.15, 0.2) is 0 Å². The van der Waals surface area contributed by atoms with E-state index >= 15 is 0 Å². The van der Waals surface area contributed by atoms with Crippen molar-refractivity contribution in [2.75, 3.05) is 33.5 Å². The van der Waals surface area contributed by atoms with Crippen LogP contribution in [0, 0.1) is 27.7 Å². The van der Waals surface area contributed by atoms with E-state index in [1.54, 1.807) is 9.80 Å². The van der Waals surface area contributed by atoms with Gasteiger partial charge >= 0.3 is 24.4 Å². The van der Waals surface area contributed by atoms with Gasteiger partial charge in [-0.05, 0) is 170 Å². The van der Waals surface area contributed by atoms with E-state index in [0.29, 0.717) is 48.7 Å². The number of anilines is 4. The van der Waals surface area contributed by atoms with Crippen molar-refractivity contribution in [3.05, 3.63) is 131 Å². The standard InChI is InChI=1S/C68H82N8O8.2C2H6/c1-43-35-51-57(39-49(43)71-61(77)81-65(5,6)7)75(47-29-23-21-24-30-47)59-41-55(45(3)37-53(59)69-51)73(63(79)83-67(11,12)13)33-27-19-17-18-20-28-34-74(64(80)84-68(14,15)16)56-42-60-54(38-46(56)4)70-52-36-44(2)50(72-62(78)82-66(8,9)10)40-58(52)76(60)48-31-25-22-26-32-48;2*1-2/h21-26,29-32,35-42H,17-20,27-28,33-34H2,1-16H3;2*1-2H3/p+2. The number of ether oxygens (including phenoxy) is 4. The predicted molar refractivity (Wildman–Crippen MR) is 358 cm³/mol. The maximum Gasteiger partial charge on any atom is 0.414 e. The van der Waals surface area contributed by atoms with Crippen molar-refractivity contribution in [1.29, 1.82) is 0 Å². The molecule has 470 valence electrons. The maximum absolute atomic E-state index is 14.3. The molecule has 0 fully saturated rings. The topological polar surface area (TPSA) is 169 Å². The number of para-hydroxylation sites is 2. The third-order valence-corrected chi connectivity index (χ3v) is 13.8. The number of aromatic nitrogens is 4. The number of amides is 4. The number of carbonyl (C=O) groups is 4. The van der Waals surface area contributed by atoms with Crippen LogP contribution in [0.2, 0.25) is 0 Å². The van der Waals surface area contributed by atoms with Crippen molar-refractivity contribution in [3.63, 3.8) is 0 Å². The van der Waals surface area contributed by atoms with E-state index in [0.717, 1.165) is 103 Å². The summed E-state index contributed by atoms with van der Waals surface area (Å²) in [5, 5.41) is 5.90. The summed E-state index contributed by atoms with van der Waals surface area (Å²) in [5.74, 6) is 0. The zero-order chi connectivity index (χ0) is 65.1. The Hall–Kier alpha value is -8.40. The summed E-state index contributed by atoms with van der Waals surface area (Å²) in [6.07, 6.45) is 2.95. The molecule has 0 aliphatic heterocycles. The number of rotatable bonds is 15. The second-order valence-electron chi connectivity index (χ2n) is 25.8. The third-order valence-electron chi connectivity index (χ3n) is 13.8. The van der Waals surface area contributed by atoms with Gasteiger partial charge in [0.05, 0.1) is 22.7 Å². The number of hydrogen-bond donors (Lipinski definition) is 2. The Morgan fingerprint density at radius 2 is 0.682 bits per heavy atom. The monoisotopic (exact) mass is 1200 g/mol. The van der Waals surface area contributed by atoms with Crippen LogP contribution in [0.3, 0.4) is 0 Å². The molecule has 88 heavy (non-hydrogen) atoms. The van der Waals surface area contributed by atoms with Crippen molar-refractivity contribution in [3.8, 4) is 11.4 Å². The molecule has 0 aliphatic carbocycles. The average molecular weight is 1200 g/mol. The van der Waals surface area contributed by atoms with E-state index in [9.17, 15) is 19.2 Å². The highest BCUT2D eigenvalue weighted by atomic mass is 16.6. The number of nitrogens with zero attached hydrogens (tertiary/aromatic N) is 6. The second kappa shape index (κ2) is 29.1. The lowest BCUT2D eigenvalue weighted by molar-refractivity contribution is -0.538. The Kier molecular flexibility index (Phi) is 22.7. The lowest BCUT2D eigenvalue weighted by atomic mass is 10.1.